The third kappa shape index (κ3) is 5.96. The molecule has 3 N–H and O–H groups in total. The number of benzene rings is 1. The van der Waals surface area contributed by atoms with Crippen LogP contribution < -0.4 is 20.7 Å². The smallest absolute Gasteiger partial charge is 0.328 e. The van der Waals surface area contributed by atoms with Crippen LogP contribution in [0.3, 0.4) is 0 Å². The van der Waals surface area contributed by atoms with Gasteiger partial charge in [0.1, 0.15) is 23.5 Å². The maximum atomic E-state index is 13.5. The molecule has 11 heteroatoms. The van der Waals surface area contributed by atoms with Crippen molar-refractivity contribution < 1.29 is 28.7 Å². The van der Waals surface area contributed by atoms with Crippen molar-refractivity contribution in [1.82, 2.24) is 20.1 Å². The molecule has 11 nitrogen and oxygen atoms in total. The number of nitrogens with zero attached hydrogens (tertiary/aromatic N) is 2. The summed E-state index contributed by atoms with van der Waals surface area (Å²) >= 11 is 0. The van der Waals surface area contributed by atoms with Gasteiger partial charge in [-0.2, -0.15) is 0 Å². The summed E-state index contributed by atoms with van der Waals surface area (Å²) in [7, 11) is 4.51. The Balaban J connectivity index is 1.83. The molecule has 0 spiro atoms. The third-order valence-electron chi connectivity index (χ3n) is 6.15. The Hall–Kier alpha value is -4.02. The zero-order chi connectivity index (χ0) is 26.4. The third-order valence-corrected chi connectivity index (χ3v) is 6.15. The number of rotatable bonds is 8. The van der Waals surface area contributed by atoms with Crippen LogP contribution in [0.15, 0.2) is 42.6 Å². The molecule has 1 aliphatic heterocycles. The Morgan fingerprint density at radius 3 is 2.44 bits per heavy atom. The highest BCUT2D eigenvalue weighted by Gasteiger charge is 2.44. The maximum Gasteiger partial charge on any atom is 0.328 e. The van der Waals surface area contributed by atoms with E-state index in [-0.39, 0.29) is 18.4 Å². The lowest BCUT2D eigenvalue weighted by atomic mass is 10.0. The fourth-order valence-electron chi connectivity index (χ4n) is 4.23. The van der Waals surface area contributed by atoms with E-state index in [9.17, 15) is 19.2 Å². The van der Waals surface area contributed by atoms with Crippen molar-refractivity contribution in [2.24, 2.45) is 13.0 Å². The number of carbonyl (C=O) groups excluding carboxylic acids is 4. The van der Waals surface area contributed by atoms with Crippen LogP contribution in [0.5, 0.6) is 5.75 Å². The van der Waals surface area contributed by atoms with Crippen LogP contribution in [0.25, 0.3) is 0 Å². The monoisotopic (exact) mass is 499 g/mol. The molecule has 0 aliphatic carbocycles. The van der Waals surface area contributed by atoms with E-state index in [0.29, 0.717) is 23.6 Å². The molecular weight excluding hydrogens is 466 g/mol. The molecule has 0 unspecified atom stereocenters. The summed E-state index contributed by atoms with van der Waals surface area (Å²) in [6, 6.07) is 7.09. The van der Waals surface area contributed by atoms with Crippen LogP contribution in [0, 0.1) is 5.92 Å². The van der Waals surface area contributed by atoms with E-state index in [1.807, 2.05) is 0 Å². The normalized spacial score (nSPS) is 17.9. The average Bonchev–Trinajstić information content (AvgIpc) is 3.47. The molecule has 0 radical (unpaired) electrons. The number of hydrogen-bond donors (Lipinski definition) is 3. The van der Waals surface area contributed by atoms with Gasteiger partial charge in [0.2, 0.25) is 5.91 Å². The molecular formula is C25H33N5O6. The Bertz CT molecular complexity index is 1110. The molecule has 4 amide bonds. The summed E-state index contributed by atoms with van der Waals surface area (Å²) in [6.07, 6.45) is 2.09. The lowest BCUT2D eigenvalue weighted by Crippen LogP contribution is -2.58. The van der Waals surface area contributed by atoms with Crippen LogP contribution >= 0.6 is 0 Å². The summed E-state index contributed by atoms with van der Waals surface area (Å²) in [5, 5.41) is 8.26. The largest absolute Gasteiger partial charge is 0.497 e. The highest BCUT2D eigenvalue weighted by molar-refractivity contribution is 5.99. The van der Waals surface area contributed by atoms with E-state index in [1.54, 1.807) is 68.1 Å². The van der Waals surface area contributed by atoms with Gasteiger partial charge in [-0.3, -0.25) is 9.59 Å². The predicted molar refractivity (Wildman–Crippen MR) is 133 cm³/mol. The Kier molecular flexibility index (Phi) is 8.57. The number of likely N-dealkylation sites (tertiary alicyclic amines) is 1. The molecule has 1 fully saturated rings. The Morgan fingerprint density at radius 2 is 1.83 bits per heavy atom. The molecule has 1 saturated heterocycles. The number of esters is 1. The topological polar surface area (TPSA) is 131 Å². The standard InChI is InChI=1S/C25H33N5O6/c1-15(2)20(24(33)36-5)28-22(31)21-18(11-13-30(21)23(32)19-10-7-12-29(19)3)27-25(34)26-16-8-6-9-17(14-16)35-4/h6-10,12,14-15,18,20-21H,11,13H2,1-5H3,(H,28,31)(H2,26,27,34)/t18-,20+,21+/m0/s1. The maximum absolute atomic E-state index is 13.5. The van der Waals surface area contributed by atoms with E-state index in [0.717, 1.165) is 0 Å². The molecule has 1 aromatic heterocycles. The second-order valence-corrected chi connectivity index (χ2v) is 8.93. The van der Waals surface area contributed by atoms with Crippen LogP contribution in [0.2, 0.25) is 0 Å². The summed E-state index contributed by atoms with van der Waals surface area (Å²) in [6.45, 7) is 3.80. The minimum Gasteiger partial charge on any atom is -0.497 e. The molecule has 2 aromatic rings. The summed E-state index contributed by atoms with van der Waals surface area (Å²) in [4.78, 5) is 53.3. The van der Waals surface area contributed by atoms with E-state index in [2.05, 4.69) is 16.0 Å². The van der Waals surface area contributed by atoms with Gasteiger partial charge in [-0.1, -0.05) is 19.9 Å². The number of anilines is 1. The van der Waals surface area contributed by atoms with Gasteiger partial charge in [0.05, 0.1) is 20.3 Å². The lowest BCUT2D eigenvalue weighted by Gasteiger charge is -2.30. The van der Waals surface area contributed by atoms with Gasteiger partial charge in [0, 0.05) is 31.5 Å². The fraction of sp³-hybridized carbons (Fsp3) is 0.440. The first-order chi connectivity index (χ1) is 17.2. The predicted octanol–water partition coefficient (Wildman–Crippen LogP) is 1.75. The van der Waals surface area contributed by atoms with Crippen molar-refractivity contribution in [2.75, 3.05) is 26.1 Å². The number of amides is 4. The second kappa shape index (κ2) is 11.6. The van der Waals surface area contributed by atoms with E-state index < -0.39 is 36.0 Å². The Labute approximate surface area is 210 Å². The molecule has 3 rings (SSSR count). The molecule has 36 heavy (non-hydrogen) atoms. The van der Waals surface area contributed by atoms with Crippen molar-refractivity contribution in [3.63, 3.8) is 0 Å². The molecule has 194 valence electrons. The van der Waals surface area contributed by atoms with Crippen molar-refractivity contribution in [2.45, 2.75) is 38.4 Å². The number of nitrogens with one attached hydrogen (secondary N) is 3. The number of ether oxygens (including phenoxy) is 2. The number of hydrogen-bond acceptors (Lipinski definition) is 6. The van der Waals surface area contributed by atoms with Gasteiger partial charge in [-0.15, -0.1) is 0 Å². The average molecular weight is 500 g/mol. The van der Waals surface area contributed by atoms with Gasteiger partial charge in [0.25, 0.3) is 5.91 Å². The van der Waals surface area contributed by atoms with E-state index >= 15 is 0 Å². The first-order valence-electron chi connectivity index (χ1n) is 11.7. The van der Waals surface area contributed by atoms with Crippen molar-refractivity contribution >= 4 is 29.5 Å². The highest BCUT2D eigenvalue weighted by Crippen LogP contribution is 2.23. The van der Waals surface area contributed by atoms with E-state index in [4.69, 9.17) is 9.47 Å². The van der Waals surface area contributed by atoms with E-state index in [1.165, 1.54) is 19.1 Å². The van der Waals surface area contributed by atoms with Crippen LogP contribution in [0.1, 0.15) is 30.8 Å². The van der Waals surface area contributed by atoms with Crippen molar-refractivity contribution in [1.29, 1.82) is 0 Å². The zero-order valence-corrected chi connectivity index (χ0v) is 21.1. The summed E-state index contributed by atoms with van der Waals surface area (Å²) < 4.78 is 11.7. The Morgan fingerprint density at radius 1 is 1.08 bits per heavy atom. The highest BCUT2D eigenvalue weighted by atomic mass is 16.5. The van der Waals surface area contributed by atoms with Gasteiger partial charge in [-0.25, -0.2) is 9.59 Å². The van der Waals surface area contributed by atoms with Crippen LogP contribution in [-0.4, -0.2) is 72.2 Å². The molecule has 2 heterocycles. The number of methoxy groups -OCH3 is 2. The fourth-order valence-corrected chi connectivity index (χ4v) is 4.23. The minimum atomic E-state index is -1.03. The van der Waals surface area contributed by atoms with Gasteiger partial charge >= 0.3 is 12.0 Å². The number of urea groups is 1. The SMILES string of the molecule is COC(=O)[C@H](NC(=O)[C@H]1[C@@H](NC(=O)Nc2cccc(OC)c2)CCN1C(=O)c1cccn1C)C(C)C. The number of carbonyl (C=O) groups is 4. The van der Waals surface area contributed by atoms with Crippen molar-refractivity contribution in [3.05, 3.63) is 48.3 Å². The summed E-state index contributed by atoms with van der Waals surface area (Å²) in [5.74, 6) is -1.16. The van der Waals surface area contributed by atoms with Crippen LogP contribution in [0.4, 0.5) is 10.5 Å². The first kappa shape index (κ1) is 26.6. The lowest BCUT2D eigenvalue weighted by molar-refractivity contribution is -0.146. The quantitative estimate of drug-likeness (QED) is 0.475. The zero-order valence-electron chi connectivity index (χ0n) is 21.1. The van der Waals surface area contributed by atoms with Gasteiger partial charge < -0.3 is 34.9 Å². The molecule has 1 aromatic carbocycles. The molecule has 0 bridgehead atoms. The number of aromatic nitrogens is 1. The second-order valence-electron chi connectivity index (χ2n) is 8.93. The van der Waals surface area contributed by atoms with Crippen LogP contribution in [-0.2, 0) is 21.4 Å². The minimum absolute atomic E-state index is 0.247. The molecule has 3 atom stereocenters. The van der Waals surface area contributed by atoms with Gasteiger partial charge in [-0.05, 0) is 36.6 Å². The van der Waals surface area contributed by atoms with Gasteiger partial charge in [0.15, 0.2) is 0 Å². The first-order valence-corrected chi connectivity index (χ1v) is 11.7. The molecule has 1 aliphatic rings. The number of aryl methyl sites for hydroxylation is 1. The molecule has 0 saturated carbocycles. The summed E-state index contributed by atoms with van der Waals surface area (Å²) in [5.41, 5.74) is 0.913. The van der Waals surface area contributed by atoms with Crippen molar-refractivity contribution in [3.8, 4) is 5.75 Å².